The number of carbonyl (C=O) groups is 2. The van der Waals surface area contributed by atoms with Crippen LogP contribution in [0.25, 0.3) is 0 Å². The third kappa shape index (κ3) is 3.44. The van der Waals surface area contributed by atoms with Crippen LogP contribution in [0.4, 0.5) is 0 Å². The van der Waals surface area contributed by atoms with Crippen LogP contribution in [0.3, 0.4) is 0 Å². The molecule has 0 saturated carbocycles. The zero-order valence-corrected chi connectivity index (χ0v) is 9.74. The van der Waals surface area contributed by atoms with Gasteiger partial charge in [0.25, 0.3) is 0 Å². The van der Waals surface area contributed by atoms with Gasteiger partial charge in [-0.1, -0.05) is 6.92 Å². The Bertz CT molecular complexity index is 211. The lowest BCUT2D eigenvalue weighted by molar-refractivity contribution is -0.151. The zero-order valence-electron chi connectivity index (χ0n) is 8.11. The molecule has 0 bridgehead atoms. The molecule has 1 saturated heterocycles. The highest BCUT2D eigenvalue weighted by molar-refractivity contribution is 6.00. The molecule has 1 N–H and O–H groups in total. The lowest BCUT2D eigenvalue weighted by Gasteiger charge is -2.24. The Balaban J connectivity index is 0. The molecule has 6 heteroatoms. The van der Waals surface area contributed by atoms with Crippen LogP contribution in [-0.2, 0) is 14.3 Å². The number of carbonyl (C=O) groups excluding carboxylic acids is 2. The first-order chi connectivity index (χ1) is 5.66. The van der Waals surface area contributed by atoms with E-state index in [-0.39, 0.29) is 36.5 Å². The van der Waals surface area contributed by atoms with Gasteiger partial charge in [-0.25, -0.2) is 0 Å². The van der Waals surface area contributed by atoms with Crippen molar-refractivity contribution in [3.05, 3.63) is 0 Å². The molecule has 2 atom stereocenters. The van der Waals surface area contributed by atoms with E-state index in [4.69, 9.17) is 0 Å². The van der Waals surface area contributed by atoms with Crippen LogP contribution in [0.2, 0.25) is 0 Å². The third-order valence-corrected chi connectivity index (χ3v) is 2.11. The highest BCUT2D eigenvalue weighted by Crippen LogP contribution is 2.12. The summed E-state index contributed by atoms with van der Waals surface area (Å²) in [5.41, 5.74) is 0. The SMILES string of the molecule is COC(=O)C1CNCC(C)C1=O.Cl.Cl. The van der Waals surface area contributed by atoms with Crippen LogP contribution in [0.5, 0.6) is 0 Å². The van der Waals surface area contributed by atoms with E-state index in [0.717, 1.165) is 0 Å². The summed E-state index contributed by atoms with van der Waals surface area (Å²) in [5, 5.41) is 3.01. The van der Waals surface area contributed by atoms with Crippen molar-refractivity contribution in [1.29, 1.82) is 0 Å². The van der Waals surface area contributed by atoms with E-state index in [1.807, 2.05) is 6.92 Å². The first-order valence-electron chi connectivity index (χ1n) is 3.99. The average Bonchev–Trinajstić information content (AvgIpc) is 2.08. The molecule has 14 heavy (non-hydrogen) atoms. The number of ether oxygens (including phenoxy) is 1. The normalized spacial score (nSPS) is 25.7. The molecule has 0 spiro atoms. The van der Waals surface area contributed by atoms with Crippen LogP contribution >= 0.6 is 24.8 Å². The van der Waals surface area contributed by atoms with Gasteiger partial charge in [0, 0.05) is 19.0 Å². The smallest absolute Gasteiger partial charge is 0.317 e. The van der Waals surface area contributed by atoms with Crippen LogP contribution < -0.4 is 5.32 Å². The van der Waals surface area contributed by atoms with E-state index in [0.29, 0.717) is 13.1 Å². The number of esters is 1. The molecular weight excluding hydrogens is 229 g/mol. The van der Waals surface area contributed by atoms with Crippen LogP contribution in [0.15, 0.2) is 0 Å². The number of rotatable bonds is 1. The predicted octanol–water partition coefficient (Wildman–Crippen LogP) is 0.428. The van der Waals surface area contributed by atoms with Crippen molar-refractivity contribution in [1.82, 2.24) is 5.32 Å². The second-order valence-electron chi connectivity index (χ2n) is 3.04. The average molecular weight is 244 g/mol. The largest absolute Gasteiger partial charge is 0.468 e. The molecule has 0 aliphatic carbocycles. The molecule has 1 heterocycles. The highest BCUT2D eigenvalue weighted by Gasteiger charge is 2.33. The summed E-state index contributed by atoms with van der Waals surface area (Å²) in [6.07, 6.45) is 0. The molecule has 0 aromatic rings. The van der Waals surface area contributed by atoms with Crippen molar-refractivity contribution in [2.75, 3.05) is 20.2 Å². The second kappa shape index (κ2) is 7.04. The maximum atomic E-state index is 11.4. The van der Waals surface area contributed by atoms with Gasteiger partial charge in [-0.05, 0) is 0 Å². The van der Waals surface area contributed by atoms with Crippen molar-refractivity contribution in [3.8, 4) is 0 Å². The van der Waals surface area contributed by atoms with Crippen molar-refractivity contribution in [2.45, 2.75) is 6.92 Å². The minimum absolute atomic E-state index is 0. The molecule has 0 aromatic heterocycles. The first-order valence-corrected chi connectivity index (χ1v) is 3.99. The summed E-state index contributed by atoms with van der Waals surface area (Å²) in [6, 6.07) is 0. The Hall–Kier alpha value is -0.320. The predicted molar refractivity (Wildman–Crippen MR) is 57.0 cm³/mol. The fraction of sp³-hybridized carbons (Fsp3) is 0.750. The van der Waals surface area contributed by atoms with Crippen LogP contribution in [0.1, 0.15) is 6.92 Å². The Morgan fingerprint density at radius 1 is 1.43 bits per heavy atom. The van der Waals surface area contributed by atoms with E-state index in [9.17, 15) is 9.59 Å². The summed E-state index contributed by atoms with van der Waals surface area (Å²) >= 11 is 0. The summed E-state index contributed by atoms with van der Waals surface area (Å²) in [4.78, 5) is 22.4. The number of hydrogen-bond donors (Lipinski definition) is 1. The number of hydrogen-bond acceptors (Lipinski definition) is 4. The summed E-state index contributed by atoms with van der Waals surface area (Å²) in [5.74, 6) is -1.12. The quantitative estimate of drug-likeness (QED) is 0.536. The molecule has 1 aliphatic heterocycles. The van der Waals surface area contributed by atoms with E-state index >= 15 is 0 Å². The molecule has 4 nitrogen and oxygen atoms in total. The van der Waals surface area contributed by atoms with Gasteiger partial charge in [0.05, 0.1) is 7.11 Å². The molecule has 84 valence electrons. The van der Waals surface area contributed by atoms with Gasteiger partial charge in [-0.2, -0.15) is 0 Å². The van der Waals surface area contributed by atoms with Gasteiger partial charge in [-0.3, -0.25) is 9.59 Å². The number of nitrogens with one attached hydrogen (secondary N) is 1. The fourth-order valence-corrected chi connectivity index (χ4v) is 1.33. The number of Topliss-reactive ketones (excluding diaryl/α,β-unsaturated/α-hetero) is 1. The van der Waals surface area contributed by atoms with E-state index < -0.39 is 11.9 Å². The van der Waals surface area contributed by atoms with E-state index in [1.165, 1.54) is 7.11 Å². The lowest BCUT2D eigenvalue weighted by atomic mass is 9.90. The van der Waals surface area contributed by atoms with Gasteiger partial charge in [-0.15, -0.1) is 24.8 Å². The van der Waals surface area contributed by atoms with Gasteiger partial charge < -0.3 is 10.1 Å². The van der Waals surface area contributed by atoms with Crippen molar-refractivity contribution in [2.24, 2.45) is 11.8 Å². The van der Waals surface area contributed by atoms with Crippen molar-refractivity contribution >= 4 is 36.6 Å². The molecule has 0 aromatic carbocycles. The number of halogens is 2. The zero-order chi connectivity index (χ0) is 9.14. The van der Waals surface area contributed by atoms with E-state index in [2.05, 4.69) is 10.1 Å². The highest BCUT2D eigenvalue weighted by atomic mass is 35.5. The molecule has 0 radical (unpaired) electrons. The molecule has 2 unspecified atom stereocenters. The minimum Gasteiger partial charge on any atom is -0.468 e. The van der Waals surface area contributed by atoms with Gasteiger partial charge in [0.1, 0.15) is 5.92 Å². The monoisotopic (exact) mass is 243 g/mol. The topological polar surface area (TPSA) is 55.4 Å². The first kappa shape index (κ1) is 16.1. The molecule has 0 amide bonds. The standard InChI is InChI=1S/C8H13NO3.2ClH/c1-5-3-9-4-6(7(5)10)8(11)12-2;;/h5-6,9H,3-4H2,1-2H3;2*1H. The maximum Gasteiger partial charge on any atom is 0.317 e. The minimum atomic E-state index is -0.598. The second-order valence-corrected chi connectivity index (χ2v) is 3.04. The van der Waals surface area contributed by atoms with Crippen molar-refractivity contribution < 1.29 is 14.3 Å². The Kier molecular flexibility index (Phi) is 8.10. The number of methoxy groups -OCH3 is 1. The van der Waals surface area contributed by atoms with Crippen LogP contribution in [-0.4, -0.2) is 32.0 Å². The van der Waals surface area contributed by atoms with E-state index in [1.54, 1.807) is 0 Å². The Morgan fingerprint density at radius 3 is 2.50 bits per heavy atom. The third-order valence-electron chi connectivity index (χ3n) is 2.11. The lowest BCUT2D eigenvalue weighted by Crippen LogP contribution is -2.46. The molecule has 1 fully saturated rings. The Labute approximate surface area is 95.6 Å². The fourth-order valence-electron chi connectivity index (χ4n) is 1.33. The molecular formula is C8H15Cl2NO3. The van der Waals surface area contributed by atoms with Crippen LogP contribution in [0, 0.1) is 11.8 Å². The van der Waals surface area contributed by atoms with Gasteiger partial charge in [0.15, 0.2) is 5.78 Å². The van der Waals surface area contributed by atoms with Gasteiger partial charge >= 0.3 is 5.97 Å². The van der Waals surface area contributed by atoms with Crippen molar-refractivity contribution in [3.63, 3.8) is 0 Å². The van der Waals surface area contributed by atoms with Gasteiger partial charge in [0.2, 0.25) is 0 Å². The summed E-state index contributed by atoms with van der Waals surface area (Å²) in [6.45, 7) is 2.88. The summed E-state index contributed by atoms with van der Waals surface area (Å²) in [7, 11) is 1.30. The summed E-state index contributed by atoms with van der Waals surface area (Å²) < 4.78 is 4.51. The number of piperidine rings is 1. The molecule has 1 rings (SSSR count). The maximum absolute atomic E-state index is 11.4. The Morgan fingerprint density at radius 2 is 2.00 bits per heavy atom. The number of ketones is 1. The molecule has 1 aliphatic rings.